The van der Waals surface area contributed by atoms with Crippen LogP contribution in [0.15, 0.2) is 16.9 Å². The first-order valence-electron chi connectivity index (χ1n) is 5.60. The van der Waals surface area contributed by atoms with E-state index in [2.05, 4.69) is 18.8 Å². The summed E-state index contributed by atoms with van der Waals surface area (Å²) in [5, 5.41) is 0. The molecular formula is C11H22NO3P. The fourth-order valence-electron chi connectivity index (χ4n) is 0.960. The highest BCUT2D eigenvalue weighted by molar-refractivity contribution is 7.57. The fourth-order valence-corrected chi connectivity index (χ4v) is 2.21. The average Bonchev–Trinajstić information content (AvgIpc) is 2.17. The molecule has 0 N–H and O–H groups in total. The molecule has 0 aromatic heterocycles. The maximum Gasteiger partial charge on any atom is 0.354 e. The summed E-state index contributed by atoms with van der Waals surface area (Å²) in [7, 11) is -3.06. The highest BCUT2D eigenvalue weighted by Crippen LogP contribution is 2.49. The summed E-state index contributed by atoms with van der Waals surface area (Å²) in [4.78, 5) is 4.15. The Morgan fingerprint density at radius 3 is 2.25 bits per heavy atom. The summed E-state index contributed by atoms with van der Waals surface area (Å²) in [6, 6.07) is 0. The van der Waals surface area contributed by atoms with Crippen LogP contribution in [-0.2, 0) is 13.6 Å². The predicted octanol–water partition coefficient (Wildman–Crippen LogP) is 3.49. The van der Waals surface area contributed by atoms with Crippen molar-refractivity contribution in [1.82, 2.24) is 0 Å². The van der Waals surface area contributed by atoms with Crippen molar-refractivity contribution in [3.05, 3.63) is 11.9 Å². The van der Waals surface area contributed by atoms with Crippen molar-refractivity contribution in [2.45, 2.75) is 27.7 Å². The molecule has 0 radical (unpaired) electrons. The third-order valence-electron chi connectivity index (χ3n) is 1.55. The van der Waals surface area contributed by atoms with Crippen molar-refractivity contribution in [3.8, 4) is 0 Å². The Balaban J connectivity index is 4.23. The number of allylic oxidation sites excluding steroid dienone is 1. The zero-order valence-corrected chi connectivity index (χ0v) is 11.4. The quantitative estimate of drug-likeness (QED) is 0.487. The van der Waals surface area contributed by atoms with Gasteiger partial charge in [-0.3, -0.25) is 9.56 Å². The molecule has 0 amide bonds. The van der Waals surface area contributed by atoms with Crippen molar-refractivity contribution in [1.29, 1.82) is 0 Å². The molecule has 0 rings (SSSR count). The Kier molecular flexibility index (Phi) is 8.44. The standard InChI is InChI=1S/C11H22NO3P/c1-5-14-16(13,15-6-2)9-7-8-12-10-11(3)4/h7-9,11H,5-6,10H2,1-4H3/b9-7+,12-8?. The topological polar surface area (TPSA) is 47.9 Å². The van der Waals surface area contributed by atoms with Gasteiger partial charge in [0.25, 0.3) is 0 Å². The summed E-state index contributed by atoms with van der Waals surface area (Å²) < 4.78 is 22.1. The van der Waals surface area contributed by atoms with Gasteiger partial charge in [0, 0.05) is 18.6 Å². The van der Waals surface area contributed by atoms with E-state index in [1.807, 2.05) is 0 Å². The summed E-state index contributed by atoms with van der Waals surface area (Å²) in [6.07, 6.45) is 3.25. The van der Waals surface area contributed by atoms with Crippen LogP contribution < -0.4 is 0 Å². The molecule has 16 heavy (non-hydrogen) atoms. The highest BCUT2D eigenvalue weighted by atomic mass is 31.2. The smallest absolute Gasteiger partial charge is 0.306 e. The Labute approximate surface area is 98.3 Å². The summed E-state index contributed by atoms with van der Waals surface area (Å²) >= 11 is 0. The van der Waals surface area contributed by atoms with Crippen LogP contribution >= 0.6 is 7.60 Å². The Bertz CT molecular complexity index is 264. The number of hydrogen-bond acceptors (Lipinski definition) is 4. The molecule has 0 spiro atoms. The maximum absolute atomic E-state index is 11.9. The molecule has 0 aromatic carbocycles. The van der Waals surface area contributed by atoms with Gasteiger partial charge in [0.2, 0.25) is 0 Å². The van der Waals surface area contributed by atoms with Gasteiger partial charge < -0.3 is 9.05 Å². The van der Waals surface area contributed by atoms with E-state index in [1.54, 1.807) is 26.1 Å². The average molecular weight is 247 g/mol. The van der Waals surface area contributed by atoms with Gasteiger partial charge in [-0.25, -0.2) is 0 Å². The van der Waals surface area contributed by atoms with Crippen LogP contribution in [0.25, 0.3) is 0 Å². The molecule has 0 aliphatic rings. The van der Waals surface area contributed by atoms with E-state index in [1.165, 1.54) is 5.82 Å². The van der Waals surface area contributed by atoms with Crippen molar-refractivity contribution >= 4 is 13.8 Å². The van der Waals surface area contributed by atoms with Crippen LogP contribution in [0.4, 0.5) is 0 Å². The minimum absolute atomic E-state index is 0.366. The molecule has 4 nitrogen and oxygen atoms in total. The first-order valence-corrected chi connectivity index (χ1v) is 7.21. The van der Waals surface area contributed by atoms with E-state index in [9.17, 15) is 4.57 Å². The Morgan fingerprint density at radius 2 is 1.81 bits per heavy atom. The molecule has 0 fully saturated rings. The van der Waals surface area contributed by atoms with Gasteiger partial charge in [0.05, 0.1) is 13.2 Å². The summed E-state index contributed by atoms with van der Waals surface area (Å²) in [5.41, 5.74) is 0. The molecule has 5 heteroatoms. The number of rotatable bonds is 8. The van der Waals surface area contributed by atoms with Crippen LogP contribution in [0.3, 0.4) is 0 Å². The molecule has 0 aliphatic heterocycles. The number of hydrogen-bond donors (Lipinski definition) is 0. The molecule has 0 heterocycles. The van der Waals surface area contributed by atoms with Gasteiger partial charge in [-0.05, 0) is 25.8 Å². The zero-order valence-electron chi connectivity index (χ0n) is 10.5. The second kappa shape index (κ2) is 8.68. The minimum Gasteiger partial charge on any atom is -0.306 e. The number of aliphatic imine (C=N–C) groups is 1. The molecule has 0 aliphatic carbocycles. The Hall–Kier alpha value is -0.440. The maximum atomic E-state index is 11.9. The van der Waals surface area contributed by atoms with Gasteiger partial charge in [-0.2, -0.15) is 0 Å². The van der Waals surface area contributed by atoms with Crippen LogP contribution in [-0.4, -0.2) is 26.0 Å². The molecular weight excluding hydrogens is 225 g/mol. The lowest BCUT2D eigenvalue weighted by Gasteiger charge is -2.11. The third-order valence-corrected chi connectivity index (χ3v) is 3.32. The molecule has 0 unspecified atom stereocenters. The van der Waals surface area contributed by atoms with Crippen LogP contribution in [0, 0.1) is 5.92 Å². The monoisotopic (exact) mass is 247 g/mol. The van der Waals surface area contributed by atoms with E-state index in [-0.39, 0.29) is 0 Å². The highest BCUT2D eigenvalue weighted by Gasteiger charge is 2.18. The van der Waals surface area contributed by atoms with Gasteiger partial charge in [-0.1, -0.05) is 13.8 Å². The van der Waals surface area contributed by atoms with E-state index < -0.39 is 7.60 Å². The first-order chi connectivity index (χ1) is 7.54. The van der Waals surface area contributed by atoms with E-state index in [4.69, 9.17) is 9.05 Å². The molecule has 0 bridgehead atoms. The van der Waals surface area contributed by atoms with Crippen molar-refractivity contribution < 1.29 is 13.6 Å². The van der Waals surface area contributed by atoms with Gasteiger partial charge in [0.15, 0.2) is 0 Å². The second-order valence-electron chi connectivity index (χ2n) is 3.62. The van der Waals surface area contributed by atoms with Crippen molar-refractivity contribution in [3.63, 3.8) is 0 Å². The molecule has 0 aromatic rings. The fraction of sp³-hybridized carbons (Fsp3) is 0.727. The van der Waals surface area contributed by atoms with Crippen LogP contribution in [0.5, 0.6) is 0 Å². The normalized spacial score (nSPS) is 13.3. The molecule has 0 saturated carbocycles. The number of nitrogens with zero attached hydrogens (tertiary/aromatic N) is 1. The largest absolute Gasteiger partial charge is 0.354 e. The molecule has 0 atom stereocenters. The molecule has 0 saturated heterocycles. The van der Waals surface area contributed by atoms with E-state index in [0.29, 0.717) is 19.1 Å². The lowest BCUT2D eigenvalue weighted by atomic mass is 10.2. The van der Waals surface area contributed by atoms with E-state index >= 15 is 0 Å². The summed E-state index contributed by atoms with van der Waals surface area (Å²) in [6.45, 7) is 9.24. The zero-order chi connectivity index (χ0) is 12.4. The Morgan fingerprint density at radius 1 is 1.25 bits per heavy atom. The SMILES string of the molecule is CCOP(=O)(/C=C/C=NCC(C)C)OCC. The van der Waals surface area contributed by atoms with Gasteiger partial charge in [-0.15, -0.1) is 0 Å². The van der Waals surface area contributed by atoms with Gasteiger partial charge >= 0.3 is 7.60 Å². The lowest BCUT2D eigenvalue weighted by molar-refractivity contribution is 0.229. The first kappa shape index (κ1) is 15.6. The van der Waals surface area contributed by atoms with Crippen LogP contribution in [0.1, 0.15) is 27.7 Å². The minimum atomic E-state index is -3.06. The van der Waals surface area contributed by atoms with Crippen LogP contribution in [0.2, 0.25) is 0 Å². The van der Waals surface area contributed by atoms with Crippen molar-refractivity contribution in [2.75, 3.05) is 19.8 Å². The molecule has 94 valence electrons. The lowest BCUT2D eigenvalue weighted by Crippen LogP contribution is -1.93. The van der Waals surface area contributed by atoms with E-state index in [0.717, 1.165) is 6.54 Å². The predicted molar refractivity (Wildman–Crippen MR) is 68.2 cm³/mol. The second-order valence-corrected chi connectivity index (χ2v) is 5.52. The third kappa shape index (κ3) is 7.80. The van der Waals surface area contributed by atoms with Crippen molar-refractivity contribution in [2.24, 2.45) is 10.9 Å². The van der Waals surface area contributed by atoms with Gasteiger partial charge in [0.1, 0.15) is 0 Å². The summed E-state index contributed by atoms with van der Waals surface area (Å²) in [5.74, 6) is 1.97.